The summed E-state index contributed by atoms with van der Waals surface area (Å²) in [5, 5.41) is 4.77. The van der Waals surface area contributed by atoms with Gasteiger partial charge in [0.25, 0.3) is 11.8 Å². The number of alkyl halides is 6. The van der Waals surface area contributed by atoms with Crippen LogP contribution in [0, 0.1) is 20.8 Å². The predicted molar refractivity (Wildman–Crippen MR) is 168 cm³/mol. The third-order valence-electron chi connectivity index (χ3n) is 6.11. The molecule has 0 atom stereocenters. The van der Waals surface area contributed by atoms with Crippen LogP contribution in [0.1, 0.15) is 62.5 Å². The fourth-order valence-electron chi connectivity index (χ4n) is 4.03. The summed E-state index contributed by atoms with van der Waals surface area (Å²) in [6.45, 7) is 8.24. The molecule has 0 unspecified atom stereocenters. The van der Waals surface area contributed by atoms with Gasteiger partial charge in [0, 0.05) is 11.1 Å². The van der Waals surface area contributed by atoms with Crippen molar-refractivity contribution in [1.82, 2.24) is 19.9 Å². The smallest absolute Gasteiger partial charge is 0.305 e. The first kappa shape index (κ1) is 38.7. The van der Waals surface area contributed by atoms with E-state index in [1.165, 1.54) is 38.4 Å². The molecule has 0 saturated carbocycles. The topological polar surface area (TPSA) is 145 Å². The molecule has 0 spiro atoms. The highest BCUT2D eigenvalue weighted by atomic mass is 31.2. The standard InChI is InChI=1S/C17H19F3N3O4P.C14H12F3N3O/c1-4-26-28(25,27-5-2)15-10-21-14(9-22-15)23-16(24)12-6-11(3)7-13(8-12)17(18,19)20;1-8-3-10(5-11(4-8)14(15,16)17)13(21)20-12-7-18-9(2)6-19-12/h6-10H,4-5H2,1-3H3,(H,21,23,24);3-7H,1-2H3,(H,19,20,21). The van der Waals surface area contributed by atoms with Crippen molar-refractivity contribution >= 4 is 36.5 Å². The first-order chi connectivity index (χ1) is 22.8. The lowest BCUT2D eigenvalue weighted by Gasteiger charge is -2.16. The molecular formula is C31H31F6N6O5P. The zero-order valence-electron chi connectivity index (χ0n) is 26.7. The molecule has 2 heterocycles. The van der Waals surface area contributed by atoms with Gasteiger partial charge in [0.15, 0.2) is 17.1 Å². The number of hydrogen-bond donors (Lipinski definition) is 2. The van der Waals surface area contributed by atoms with E-state index >= 15 is 0 Å². The summed E-state index contributed by atoms with van der Waals surface area (Å²) >= 11 is 0. The molecule has 262 valence electrons. The van der Waals surface area contributed by atoms with Gasteiger partial charge >= 0.3 is 19.9 Å². The van der Waals surface area contributed by atoms with E-state index in [4.69, 9.17) is 9.05 Å². The normalized spacial score (nSPS) is 11.7. The number of halogens is 6. The molecule has 0 saturated heterocycles. The lowest BCUT2D eigenvalue weighted by atomic mass is 10.1. The van der Waals surface area contributed by atoms with Gasteiger partial charge in [-0.15, -0.1) is 0 Å². The Morgan fingerprint density at radius 2 is 1.08 bits per heavy atom. The minimum Gasteiger partial charge on any atom is -0.305 e. The van der Waals surface area contributed by atoms with Gasteiger partial charge in [0.2, 0.25) is 0 Å². The van der Waals surface area contributed by atoms with Crippen LogP contribution in [0.2, 0.25) is 0 Å². The van der Waals surface area contributed by atoms with E-state index in [1.54, 1.807) is 20.8 Å². The lowest BCUT2D eigenvalue weighted by Crippen LogP contribution is -2.19. The van der Waals surface area contributed by atoms with Crippen molar-refractivity contribution in [2.24, 2.45) is 0 Å². The minimum absolute atomic E-state index is 0.0247. The molecule has 18 heteroatoms. The van der Waals surface area contributed by atoms with Gasteiger partial charge < -0.3 is 19.7 Å². The number of nitrogens with zero attached hydrogens (tertiary/aromatic N) is 4. The maximum atomic E-state index is 12.9. The Bertz CT molecular complexity index is 1810. The van der Waals surface area contributed by atoms with Crippen molar-refractivity contribution in [2.45, 2.75) is 47.0 Å². The van der Waals surface area contributed by atoms with Crippen LogP contribution < -0.4 is 16.1 Å². The molecule has 4 aromatic rings. The molecule has 0 aliphatic carbocycles. The van der Waals surface area contributed by atoms with Crippen molar-refractivity contribution in [3.05, 3.63) is 100 Å². The number of anilines is 2. The first-order valence-corrected chi connectivity index (χ1v) is 15.9. The van der Waals surface area contributed by atoms with E-state index in [0.717, 1.165) is 36.7 Å². The van der Waals surface area contributed by atoms with Gasteiger partial charge in [-0.2, -0.15) is 26.3 Å². The Morgan fingerprint density at radius 3 is 1.43 bits per heavy atom. The van der Waals surface area contributed by atoms with Gasteiger partial charge in [-0.1, -0.05) is 0 Å². The molecule has 0 radical (unpaired) electrons. The monoisotopic (exact) mass is 712 g/mol. The van der Waals surface area contributed by atoms with E-state index in [0.29, 0.717) is 11.3 Å². The van der Waals surface area contributed by atoms with Crippen molar-refractivity contribution in [1.29, 1.82) is 0 Å². The summed E-state index contributed by atoms with van der Waals surface area (Å²) in [5.74, 6) is -1.29. The predicted octanol–water partition coefficient (Wildman–Crippen LogP) is 7.31. The maximum Gasteiger partial charge on any atom is 0.416 e. The number of rotatable bonds is 9. The summed E-state index contributed by atoms with van der Waals surface area (Å²) < 4.78 is 99.8. The van der Waals surface area contributed by atoms with Crippen LogP contribution >= 0.6 is 7.60 Å². The molecule has 0 aliphatic heterocycles. The van der Waals surface area contributed by atoms with Crippen LogP contribution in [0.15, 0.2) is 61.2 Å². The molecule has 2 aromatic heterocycles. The molecule has 2 N–H and O–H groups in total. The molecule has 0 bridgehead atoms. The van der Waals surface area contributed by atoms with E-state index in [-0.39, 0.29) is 47.0 Å². The number of hydrogen-bond acceptors (Lipinski definition) is 9. The van der Waals surface area contributed by atoms with Gasteiger partial charge in [-0.05, 0) is 82.1 Å². The number of benzene rings is 2. The van der Waals surface area contributed by atoms with Crippen LogP contribution in [0.3, 0.4) is 0 Å². The number of nitrogens with one attached hydrogen (secondary N) is 2. The average molecular weight is 713 g/mol. The molecule has 2 aromatic carbocycles. The largest absolute Gasteiger partial charge is 0.416 e. The molecule has 49 heavy (non-hydrogen) atoms. The second kappa shape index (κ2) is 16.1. The van der Waals surface area contributed by atoms with Crippen LogP contribution in [0.5, 0.6) is 0 Å². The molecule has 2 amide bonds. The van der Waals surface area contributed by atoms with Crippen molar-refractivity contribution < 1.29 is 49.5 Å². The fraction of sp³-hybridized carbons (Fsp3) is 0.290. The van der Waals surface area contributed by atoms with Gasteiger partial charge in [-0.25, -0.2) is 15.0 Å². The molecule has 4 rings (SSSR count). The second-order valence-corrected chi connectivity index (χ2v) is 12.2. The van der Waals surface area contributed by atoms with Crippen LogP contribution in [0.25, 0.3) is 0 Å². The molecule has 0 aliphatic rings. The third kappa shape index (κ3) is 11.2. The highest BCUT2D eigenvalue weighted by Gasteiger charge is 2.33. The minimum atomic E-state index is -4.57. The Morgan fingerprint density at radius 1 is 0.653 bits per heavy atom. The fourth-order valence-corrected chi connectivity index (χ4v) is 5.44. The Kier molecular flexibility index (Phi) is 12.7. The highest BCUT2D eigenvalue weighted by molar-refractivity contribution is 7.61. The van der Waals surface area contributed by atoms with Crippen LogP contribution in [0.4, 0.5) is 38.0 Å². The number of carbonyl (C=O) groups is 2. The number of aromatic nitrogens is 4. The number of amides is 2. The quantitative estimate of drug-likeness (QED) is 0.135. The van der Waals surface area contributed by atoms with Crippen molar-refractivity contribution in [2.75, 3.05) is 23.8 Å². The van der Waals surface area contributed by atoms with Crippen LogP contribution in [-0.4, -0.2) is 45.0 Å². The Labute approximate surface area is 277 Å². The van der Waals surface area contributed by atoms with Crippen molar-refractivity contribution in [3.63, 3.8) is 0 Å². The first-order valence-electron chi connectivity index (χ1n) is 14.4. The van der Waals surface area contributed by atoms with Gasteiger partial charge in [-0.3, -0.25) is 19.1 Å². The second-order valence-electron chi connectivity index (χ2n) is 10.2. The van der Waals surface area contributed by atoms with E-state index < -0.39 is 42.9 Å². The van der Waals surface area contributed by atoms with Gasteiger partial charge in [0.05, 0.1) is 54.8 Å². The zero-order chi connectivity index (χ0) is 36.6. The summed E-state index contributed by atoms with van der Waals surface area (Å²) in [4.78, 5) is 40.0. The maximum absolute atomic E-state index is 12.9. The number of aryl methyl sites for hydroxylation is 3. The average Bonchev–Trinajstić information content (AvgIpc) is 3.01. The van der Waals surface area contributed by atoms with E-state index in [9.17, 15) is 40.5 Å². The molecule has 11 nitrogen and oxygen atoms in total. The molecule has 0 fully saturated rings. The lowest BCUT2D eigenvalue weighted by molar-refractivity contribution is -0.138. The van der Waals surface area contributed by atoms with Gasteiger partial charge in [0.1, 0.15) is 0 Å². The van der Waals surface area contributed by atoms with E-state index in [2.05, 4.69) is 30.6 Å². The van der Waals surface area contributed by atoms with Crippen LogP contribution in [-0.2, 0) is 26.0 Å². The number of carbonyl (C=O) groups excluding carboxylic acids is 2. The van der Waals surface area contributed by atoms with Crippen molar-refractivity contribution in [3.8, 4) is 0 Å². The Balaban J connectivity index is 0.000000276. The summed E-state index contributed by atoms with van der Waals surface area (Å²) in [6.07, 6.45) is -4.02. The highest BCUT2D eigenvalue weighted by Crippen LogP contribution is 2.45. The zero-order valence-corrected chi connectivity index (χ0v) is 27.6. The summed E-state index contributed by atoms with van der Waals surface area (Å²) in [6, 6.07) is 6.20. The summed E-state index contributed by atoms with van der Waals surface area (Å²) in [5.41, 5.74) is -0.763. The summed E-state index contributed by atoms with van der Waals surface area (Å²) in [7, 11) is -3.63. The SMILES string of the molecule is CCOP(=O)(OCC)c1cnc(NC(=O)c2cc(C)cc(C(F)(F)F)c2)cn1.Cc1cc(C(=O)Nc2cnc(C)cn2)cc(C(F)(F)F)c1. The van der Waals surface area contributed by atoms with E-state index in [1.807, 2.05) is 0 Å². The molecular weight excluding hydrogens is 681 g/mol. The third-order valence-corrected chi connectivity index (χ3v) is 8.10. The Hall–Kier alpha value is -4.73.